The molecule has 3 aromatic carbocycles. The first-order valence-corrected chi connectivity index (χ1v) is 9.64. The Hall–Kier alpha value is -2.85. The zero-order valence-electron chi connectivity index (χ0n) is 15.8. The summed E-state index contributed by atoms with van der Waals surface area (Å²) in [4.78, 5) is 0. The molecule has 28 heavy (non-hydrogen) atoms. The molecule has 146 valence electrons. The molecule has 0 heterocycles. The molecule has 0 spiro atoms. The van der Waals surface area contributed by atoms with E-state index >= 15 is 0 Å². The Morgan fingerprint density at radius 2 is 1.46 bits per heavy atom. The third-order valence-electron chi connectivity index (χ3n) is 3.97. The van der Waals surface area contributed by atoms with E-state index in [9.17, 15) is 0 Å². The van der Waals surface area contributed by atoms with Gasteiger partial charge < -0.3 is 19.5 Å². The highest BCUT2D eigenvalue weighted by atomic mass is 35.5. The Morgan fingerprint density at radius 3 is 2.25 bits per heavy atom. The van der Waals surface area contributed by atoms with Crippen molar-refractivity contribution in [3.63, 3.8) is 0 Å². The van der Waals surface area contributed by atoms with Gasteiger partial charge in [0.1, 0.15) is 36.6 Å². The van der Waals surface area contributed by atoms with E-state index in [1.54, 1.807) is 0 Å². The third kappa shape index (κ3) is 6.39. The molecule has 0 aliphatic carbocycles. The number of benzene rings is 3. The molecule has 4 nitrogen and oxygen atoms in total. The average Bonchev–Trinajstić information content (AvgIpc) is 2.73. The lowest BCUT2D eigenvalue weighted by atomic mass is 10.2. The van der Waals surface area contributed by atoms with Gasteiger partial charge in [-0.1, -0.05) is 41.9 Å². The highest BCUT2D eigenvalue weighted by molar-refractivity contribution is 6.30. The Balaban J connectivity index is 1.45. The van der Waals surface area contributed by atoms with Gasteiger partial charge in [0.25, 0.3) is 0 Å². The minimum atomic E-state index is -0.0179. The van der Waals surface area contributed by atoms with Crippen molar-refractivity contribution in [2.75, 3.05) is 25.1 Å². The normalized spacial score (nSPS) is 11.5. The van der Waals surface area contributed by atoms with Gasteiger partial charge in [-0.05, 0) is 55.5 Å². The van der Waals surface area contributed by atoms with Crippen molar-refractivity contribution >= 4 is 17.3 Å². The second-order valence-corrected chi connectivity index (χ2v) is 6.71. The first-order valence-electron chi connectivity index (χ1n) is 9.26. The number of anilines is 1. The van der Waals surface area contributed by atoms with Crippen LogP contribution in [-0.2, 0) is 0 Å². The molecule has 0 amide bonds. The molecular formula is C23H24ClNO3. The quantitative estimate of drug-likeness (QED) is 0.447. The van der Waals surface area contributed by atoms with Crippen LogP contribution in [0.25, 0.3) is 0 Å². The third-order valence-corrected chi connectivity index (χ3v) is 4.22. The van der Waals surface area contributed by atoms with Crippen molar-refractivity contribution in [2.24, 2.45) is 0 Å². The number of hydrogen-bond donors (Lipinski definition) is 1. The monoisotopic (exact) mass is 397 g/mol. The molecular weight excluding hydrogens is 374 g/mol. The van der Waals surface area contributed by atoms with E-state index in [0.29, 0.717) is 24.8 Å². The predicted octanol–water partition coefficient (Wildman–Crippen LogP) is 5.68. The van der Waals surface area contributed by atoms with E-state index in [1.807, 2.05) is 85.8 Å². The molecule has 0 saturated carbocycles. The fourth-order valence-corrected chi connectivity index (χ4v) is 2.73. The van der Waals surface area contributed by atoms with E-state index in [2.05, 4.69) is 5.32 Å². The van der Waals surface area contributed by atoms with E-state index in [4.69, 9.17) is 25.8 Å². The summed E-state index contributed by atoms with van der Waals surface area (Å²) in [5.74, 6) is 2.42. The van der Waals surface area contributed by atoms with Crippen molar-refractivity contribution in [3.8, 4) is 17.2 Å². The van der Waals surface area contributed by atoms with Gasteiger partial charge in [-0.2, -0.15) is 0 Å². The SMILES string of the molecule is CC(CNc1ccccc1OCCOc1ccccc1)Oc1ccc(Cl)cc1. The van der Waals surface area contributed by atoms with Crippen molar-refractivity contribution in [2.45, 2.75) is 13.0 Å². The number of ether oxygens (including phenoxy) is 3. The van der Waals surface area contributed by atoms with Crippen LogP contribution in [-0.4, -0.2) is 25.9 Å². The van der Waals surface area contributed by atoms with Crippen LogP contribution >= 0.6 is 11.6 Å². The van der Waals surface area contributed by atoms with Crippen LogP contribution in [0.3, 0.4) is 0 Å². The summed E-state index contributed by atoms with van der Waals surface area (Å²) in [5.41, 5.74) is 0.925. The summed E-state index contributed by atoms with van der Waals surface area (Å²) in [6.07, 6.45) is -0.0179. The fraction of sp³-hybridized carbons (Fsp3) is 0.217. The van der Waals surface area contributed by atoms with Crippen LogP contribution in [0.5, 0.6) is 17.2 Å². The smallest absolute Gasteiger partial charge is 0.142 e. The number of nitrogens with one attached hydrogen (secondary N) is 1. The van der Waals surface area contributed by atoms with E-state index in [1.165, 1.54) is 0 Å². The molecule has 1 unspecified atom stereocenters. The summed E-state index contributed by atoms with van der Waals surface area (Å²) in [7, 11) is 0. The lowest BCUT2D eigenvalue weighted by Gasteiger charge is -2.18. The van der Waals surface area contributed by atoms with Gasteiger partial charge in [0, 0.05) is 5.02 Å². The zero-order valence-corrected chi connectivity index (χ0v) is 16.6. The van der Waals surface area contributed by atoms with E-state index in [0.717, 1.165) is 22.9 Å². The molecule has 0 aliphatic heterocycles. The minimum absolute atomic E-state index is 0.0179. The first-order chi connectivity index (χ1) is 13.7. The highest BCUT2D eigenvalue weighted by Gasteiger charge is 2.07. The molecule has 0 aromatic heterocycles. The molecule has 0 bridgehead atoms. The Kier molecular flexibility index (Phi) is 7.44. The molecule has 0 aliphatic rings. The second kappa shape index (κ2) is 10.5. The van der Waals surface area contributed by atoms with Crippen LogP contribution in [0, 0.1) is 0 Å². The molecule has 0 saturated heterocycles. The van der Waals surface area contributed by atoms with Crippen molar-refractivity contribution in [1.29, 1.82) is 0 Å². The Morgan fingerprint density at radius 1 is 0.786 bits per heavy atom. The maximum Gasteiger partial charge on any atom is 0.142 e. The maximum absolute atomic E-state index is 5.90. The second-order valence-electron chi connectivity index (χ2n) is 6.27. The highest BCUT2D eigenvalue weighted by Crippen LogP contribution is 2.24. The van der Waals surface area contributed by atoms with Gasteiger partial charge in [-0.3, -0.25) is 0 Å². The number of halogens is 1. The van der Waals surface area contributed by atoms with Gasteiger partial charge >= 0.3 is 0 Å². The van der Waals surface area contributed by atoms with E-state index < -0.39 is 0 Å². The van der Waals surface area contributed by atoms with Crippen LogP contribution < -0.4 is 19.5 Å². The fourth-order valence-electron chi connectivity index (χ4n) is 2.61. The lowest BCUT2D eigenvalue weighted by Crippen LogP contribution is -2.23. The molecule has 1 atom stereocenters. The summed E-state index contributed by atoms with van der Waals surface area (Å²) in [6.45, 7) is 3.60. The molecule has 5 heteroatoms. The van der Waals surface area contributed by atoms with Crippen LogP contribution in [0.4, 0.5) is 5.69 Å². The average molecular weight is 398 g/mol. The summed E-state index contributed by atoms with van der Waals surface area (Å²) < 4.78 is 17.4. The van der Waals surface area contributed by atoms with Crippen molar-refractivity contribution in [1.82, 2.24) is 0 Å². The van der Waals surface area contributed by atoms with Gasteiger partial charge in [0.05, 0.1) is 12.2 Å². The minimum Gasteiger partial charge on any atom is -0.490 e. The van der Waals surface area contributed by atoms with Gasteiger partial charge in [-0.25, -0.2) is 0 Å². The standard InChI is InChI=1S/C23H24ClNO3/c1-18(28-21-13-11-19(24)12-14-21)17-25-22-9-5-6-10-23(22)27-16-15-26-20-7-3-2-4-8-20/h2-14,18,25H,15-17H2,1H3. The summed E-state index contributed by atoms with van der Waals surface area (Å²) >= 11 is 5.90. The number of rotatable bonds is 10. The predicted molar refractivity (Wildman–Crippen MR) is 114 cm³/mol. The zero-order chi connectivity index (χ0) is 19.6. The number of para-hydroxylation sites is 3. The summed E-state index contributed by atoms with van der Waals surface area (Å²) in [5, 5.41) is 4.08. The Labute approximate surface area is 171 Å². The van der Waals surface area contributed by atoms with Gasteiger partial charge in [0.15, 0.2) is 0 Å². The maximum atomic E-state index is 5.90. The van der Waals surface area contributed by atoms with Crippen molar-refractivity contribution in [3.05, 3.63) is 83.9 Å². The van der Waals surface area contributed by atoms with E-state index in [-0.39, 0.29) is 6.10 Å². The summed E-state index contributed by atoms with van der Waals surface area (Å²) in [6, 6.07) is 24.9. The topological polar surface area (TPSA) is 39.7 Å². The first kappa shape index (κ1) is 19.9. The molecule has 3 aromatic rings. The largest absolute Gasteiger partial charge is 0.490 e. The van der Waals surface area contributed by atoms with Crippen LogP contribution in [0.15, 0.2) is 78.9 Å². The van der Waals surface area contributed by atoms with Crippen LogP contribution in [0.2, 0.25) is 5.02 Å². The number of hydrogen-bond acceptors (Lipinski definition) is 4. The van der Waals surface area contributed by atoms with Gasteiger partial charge in [0.2, 0.25) is 0 Å². The lowest BCUT2D eigenvalue weighted by molar-refractivity contribution is 0.217. The Bertz CT molecular complexity index is 840. The van der Waals surface area contributed by atoms with Crippen LogP contribution in [0.1, 0.15) is 6.92 Å². The molecule has 0 radical (unpaired) electrons. The molecule has 0 fully saturated rings. The molecule has 1 N–H and O–H groups in total. The van der Waals surface area contributed by atoms with Gasteiger partial charge in [-0.15, -0.1) is 0 Å². The van der Waals surface area contributed by atoms with Crippen molar-refractivity contribution < 1.29 is 14.2 Å². The molecule has 3 rings (SSSR count).